The maximum atomic E-state index is 5.26. The Hall–Kier alpha value is -2.98. The standard InChI is InChI=1S/C23H20O/c1-3-18-9-11-20(12-10-19-7-5-4-6-8-19)23(17-18)21-13-15-22(24-2)16-14-21/h4-9,11,13-17H,3H2,1-2H3. The van der Waals surface area contributed by atoms with Crippen LogP contribution in [0.2, 0.25) is 0 Å². The van der Waals surface area contributed by atoms with Crippen LogP contribution in [0, 0.1) is 11.8 Å². The minimum Gasteiger partial charge on any atom is -0.497 e. The highest BCUT2D eigenvalue weighted by Crippen LogP contribution is 2.27. The van der Waals surface area contributed by atoms with Gasteiger partial charge in [0.2, 0.25) is 0 Å². The fourth-order valence-electron chi connectivity index (χ4n) is 2.59. The van der Waals surface area contributed by atoms with Gasteiger partial charge in [0.15, 0.2) is 0 Å². The number of methoxy groups -OCH3 is 1. The molecule has 0 aliphatic carbocycles. The predicted molar refractivity (Wildman–Crippen MR) is 100 cm³/mol. The number of ether oxygens (including phenoxy) is 1. The molecule has 0 amide bonds. The van der Waals surface area contributed by atoms with Gasteiger partial charge in [-0.2, -0.15) is 0 Å². The smallest absolute Gasteiger partial charge is 0.118 e. The second-order valence-electron chi connectivity index (χ2n) is 5.58. The summed E-state index contributed by atoms with van der Waals surface area (Å²) in [5, 5.41) is 0. The zero-order chi connectivity index (χ0) is 16.8. The summed E-state index contributed by atoms with van der Waals surface area (Å²) in [6.07, 6.45) is 1.01. The Morgan fingerprint density at radius 3 is 2.25 bits per heavy atom. The molecule has 0 aromatic heterocycles. The molecule has 1 nitrogen and oxygen atoms in total. The molecule has 3 aromatic carbocycles. The van der Waals surface area contributed by atoms with Crippen molar-refractivity contribution < 1.29 is 4.74 Å². The number of benzene rings is 3. The zero-order valence-corrected chi connectivity index (χ0v) is 14.0. The molecule has 0 aliphatic heterocycles. The molecule has 0 N–H and O–H groups in total. The number of hydrogen-bond donors (Lipinski definition) is 0. The average Bonchev–Trinajstić information content (AvgIpc) is 2.67. The first-order valence-corrected chi connectivity index (χ1v) is 8.14. The van der Waals surface area contributed by atoms with E-state index >= 15 is 0 Å². The van der Waals surface area contributed by atoms with E-state index in [1.54, 1.807) is 7.11 Å². The van der Waals surface area contributed by atoms with Crippen molar-refractivity contribution in [3.63, 3.8) is 0 Å². The summed E-state index contributed by atoms with van der Waals surface area (Å²) in [7, 11) is 1.68. The fraction of sp³-hybridized carbons (Fsp3) is 0.130. The summed E-state index contributed by atoms with van der Waals surface area (Å²) in [6.45, 7) is 2.17. The van der Waals surface area contributed by atoms with Gasteiger partial charge in [-0.15, -0.1) is 0 Å². The van der Waals surface area contributed by atoms with Crippen LogP contribution < -0.4 is 4.74 Å². The van der Waals surface area contributed by atoms with Crippen LogP contribution in [0.15, 0.2) is 72.8 Å². The Morgan fingerprint density at radius 1 is 0.833 bits per heavy atom. The minimum atomic E-state index is 0.863. The molecule has 0 saturated carbocycles. The normalized spacial score (nSPS) is 9.92. The van der Waals surface area contributed by atoms with Crippen LogP contribution >= 0.6 is 0 Å². The number of rotatable bonds is 3. The van der Waals surface area contributed by atoms with Gasteiger partial charge in [0.1, 0.15) is 5.75 Å². The van der Waals surface area contributed by atoms with Crippen molar-refractivity contribution in [1.29, 1.82) is 0 Å². The van der Waals surface area contributed by atoms with Crippen LogP contribution in [0.4, 0.5) is 0 Å². The Balaban J connectivity index is 2.04. The molecule has 0 fully saturated rings. The van der Waals surface area contributed by atoms with Crippen molar-refractivity contribution in [1.82, 2.24) is 0 Å². The van der Waals surface area contributed by atoms with Gasteiger partial charge in [0.05, 0.1) is 7.11 Å². The molecular weight excluding hydrogens is 292 g/mol. The van der Waals surface area contributed by atoms with E-state index in [2.05, 4.69) is 49.1 Å². The number of hydrogen-bond acceptors (Lipinski definition) is 1. The second-order valence-corrected chi connectivity index (χ2v) is 5.58. The van der Waals surface area contributed by atoms with Crippen LogP contribution in [-0.2, 0) is 6.42 Å². The molecule has 0 bridgehead atoms. The SMILES string of the molecule is CCc1ccc(C#Cc2ccccc2)c(-c2ccc(OC)cc2)c1. The van der Waals surface area contributed by atoms with E-state index in [0.29, 0.717) is 0 Å². The lowest BCUT2D eigenvalue weighted by Gasteiger charge is -2.09. The van der Waals surface area contributed by atoms with Crippen molar-refractivity contribution in [2.75, 3.05) is 7.11 Å². The monoisotopic (exact) mass is 312 g/mol. The van der Waals surface area contributed by atoms with E-state index in [4.69, 9.17) is 4.74 Å². The van der Waals surface area contributed by atoms with E-state index in [1.165, 1.54) is 11.1 Å². The Bertz CT molecular complexity index is 865. The summed E-state index contributed by atoms with van der Waals surface area (Å²) in [5.41, 5.74) is 5.70. The van der Waals surface area contributed by atoms with Crippen molar-refractivity contribution in [3.8, 4) is 28.7 Å². The number of aryl methyl sites for hydroxylation is 1. The van der Waals surface area contributed by atoms with Gasteiger partial charge in [0.25, 0.3) is 0 Å². The van der Waals surface area contributed by atoms with Crippen LogP contribution in [0.25, 0.3) is 11.1 Å². The summed E-state index contributed by atoms with van der Waals surface area (Å²) in [4.78, 5) is 0. The van der Waals surface area contributed by atoms with E-state index in [-0.39, 0.29) is 0 Å². The molecule has 118 valence electrons. The molecule has 24 heavy (non-hydrogen) atoms. The Labute approximate surface area is 143 Å². The molecule has 1 heteroatoms. The molecule has 3 aromatic rings. The van der Waals surface area contributed by atoms with Gasteiger partial charge in [-0.05, 0) is 59.5 Å². The largest absolute Gasteiger partial charge is 0.497 e. The highest BCUT2D eigenvalue weighted by molar-refractivity contribution is 5.72. The third kappa shape index (κ3) is 3.67. The first kappa shape index (κ1) is 15.9. The molecule has 0 saturated heterocycles. The van der Waals surface area contributed by atoms with E-state index in [1.807, 2.05) is 42.5 Å². The predicted octanol–water partition coefficient (Wildman–Crippen LogP) is 5.32. The van der Waals surface area contributed by atoms with Gasteiger partial charge in [-0.25, -0.2) is 0 Å². The molecule has 0 spiro atoms. The minimum absolute atomic E-state index is 0.863. The fourth-order valence-corrected chi connectivity index (χ4v) is 2.59. The van der Waals surface area contributed by atoms with Gasteiger partial charge < -0.3 is 4.74 Å². The maximum absolute atomic E-state index is 5.26. The van der Waals surface area contributed by atoms with Crippen LogP contribution in [0.3, 0.4) is 0 Å². The first-order valence-electron chi connectivity index (χ1n) is 8.14. The summed E-state index contributed by atoms with van der Waals surface area (Å²) in [6, 6.07) is 24.7. The average molecular weight is 312 g/mol. The molecule has 3 rings (SSSR count). The first-order chi connectivity index (χ1) is 11.8. The van der Waals surface area contributed by atoms with E-state index < -0.39 is 0 Å². The summed E-state index contributed by atoms with van der Waals surface area (Å²) in [5.74, 6) is 7.45. The Kier molecular flexibility index (Phi) is 4.99. The quantitative estimate of drug-likeness (QED) is 0.594. The highest BCUT2D eigenvalue weighted by Gasteiger charge is 2.05. The summed E-state index contributed by atoms with van der Waals surface area (Å²) >= 11 is 0. The lowest BCUT2D eigenvalue weighted by molar-refractivity contribution is 0.415. The highest BCUT2D eigenvalue weighted by atomic mass is 16.5. The second kappa shape index (κ2) is 7.53. The van der Waals surface area contributed by atoms with E-state index in [9.17, 15) is 0 Å². The lowest BCUT2D eigenvalue weighted by atomic mass is 9.96. The Morgan fingerprint density at radius 2 is 1.58 bits per heavy atom. The van der Waals surface area contributed by atoms with Gasteiger partial charge in [0, 0.05) is 11.1 Å². The molecular formula is C23H20O. The third-order valence-electron chi connectivity index (χ3n) is 4.01. The van der Waals surface area contributed by atoms with Crippen LogP contribution in [-0.4, -0.2) is 7.11 Å². The lowest BCUT2D eigenvalue weighted by Crippen LogP contribution is -1.89. The van der Waals surface area contributed by atoms with Gasteiger partial charge >= 0.3 is 0 Å². The van der Waals surface area contributed by atoms with Crippen molar-refractivity contribution in [3.05, 3.63) is 89.5 Å². The molecule has 0 unspecified atom stereocenters. The van der Waals surface area contributed by atoms with Crippen molar-refractivity contribution in [2.45, 2.75) is 13.3 Å². The molecule has 0 heterocycles. The van der Waals surface area contributed by atoms with Crippen LogP contribution in [0.5, 0.6) is 5.75 Å². The maximum Gasteiger partial charge on any atom is 0.118 e. The van der Waals surface area contributed by atoms with Crippen molar-refractivity contribution >= 4 is 0 Å². The molecule has 0 radical (unpaired) electrons. The topological polar surface area (TPSA) is 9.23 Å². The third-order valence-corrected chi connectivity index (χ3v) is 4.01. The van der Waals surface area contributed by atoms with E-state index in [0.717, 1.165) is 28.9 Å². The summed E-state index contributed by atoms with van der Waals surface area (Å²) < 4.78 is 5.26. The van der Waals surface area contributed by atoms with Crippen LogP contribution in [0.1, 0.15) is 23.6 Å². The zero-order valence-electron chi connectivity index (χ0n) is 14.0. The van der Waals surface area contributed by atoms with Gasteiger partial charge in [-0.3, -0.25) is 0 Å². The van der Waals surface area contributed by atoms with Gasteiger partial charge in [-0.1, -0.05) is 55.2 Å². The molecule has 0 aliphatic rings. The van der Waals surface area contributed by atoms with Crippen molar-refractivity contribution in [2.24, 2.45) is 0 Å². The molecule has 0 atom stereocenters.